The van der Waals surface area contributed by atoms with Crippen LogP contribution in [0.4, 0.5) is 5.69 Å². The Morgan fingerprint density at radius 2 is 1.86 bits per heavy atom. The summed E-state index contributed by atoms with van der Waals surface area (Å²) in [7, 11) is 0. The predicted octanol–water partition coefficient (Wildman–Crippen LogP) is 5.18. The Hall–Kier alpha value is -3.47. The standard InChI is InChI=1S/C23H22N2O3/c1-16-8-9-18(14-17(16)2)24-23(26)21-15-22-20(10-12-28-22)25(21)11-13-27-19-6-4-3-5-7-19/h3-10,12,14-15H,11,13H2,1-2H3,(H,24,26). The summed E-state index contributed by atoms with van der Waals surface area (Å²) in [6.07, 6.45) is 1.63. The second kappa shape index (κ2) is 7.64. The summed E-state index contributed by atoms with van der Waals surface area (Å²) in [5, 5.41) is 2.98. The number of aryl methyl sites for hydroxylation is 2. The molecule has 0 aliphatic rings. The highest BCUT2D eigenvalue weighted by atomic mass is 16.5. The van der Waals surface area contributed by atoms with Crippen molar-refractivity contribution in [1.29, 1.82) is 0 Å². The molecule has 142 valence electrons. The number of amides is 1. The lowest BCUT2D eigenvalue weighted by atomic mass is 10.1. The molecule has 0 saturated heterocycles. The average Bonchev–Trinajstić information content (AvgIpc) is 3.28. The minimum atomic E-state index is -0.172. The van der Waals surface area contributed by atoms with Crippen molar-refractivity contribution >= 4 is 22.7 Å². The molecule has 2 heterocycles. The highest BCUT2D eigenvalue weighted by Crippen LogP contribution is 2.23. The Labute approximate surface area is 163 Å². The maximum atomic E-state index is 12.9. The maximum absolute atomic E-state index is 12.9. The third kappa shape index (κ3) is 3.64. The number of anilines is 1. The van der Waals surface area contributed by atoms with E-state index in [4.69, 9.17) is 9.15 Å². The molecule has 0 saturated carbocycles. The van der Waals surface area contributed by atoms with E-state index in [1.807, 2.05) is 73.0 Å². The topological polar surface area (TPSA) is 56.4 Å². The zero-order chi connectivity index (χ0) is 19.5. The van der Waals surface area contributed by atoms with Crippen LogP contribution in [0.25, 0.3) is 11.1 Å². The number of aromatic nitrogens is 1. The van der Waals surface area contributed by atoms with Gasteiger partial charge in [0, 0.05) is 17.8 Å². The van der Waals surface area contributed by atoms with Gasteiger partial charge in [0.05, 0.1) is 18.3 Å². The molecule has 4 rings (SSSR count). The first-order valence-electron chi connectivity index (χ1n) is 9.25. The Morgan fingerprint density at radius 1 is 1.04 bits per heavy atom. The summed E-state index contributed by atoms with van der Waals surface area (Å²) in [4.78, 5) is 12.9. The van der Waals surface area contributed by atoms with E-state index in [0.29, 0.717) is 24.4 Å². The molecule has 0 spiro atoms. The number of carbonyl (C=O) groups excluding carboxylic acids is 1. The fourth-order valence-corrected chi connectivity index (χ4v) is 3.19. The highest BCUT2D eigenvalue weighted by molar-refractivity contribution is 6.05. The zero-order valence-electron chi connectivity index (χ0n) is 15.9. The van der Waals surface area contributed by atoms with Gasteiger partial charge in [0.2, 0.25) is 0 Å². The van der Waals surface area contributed by atoms with Gasteiger partial charge >= 0.3 is 0 Å². The van der Waals surface area contributed by atoms with Crippen LogP contribution in [0.1, 0.15) is 21.6 Å². The molecule has 2 aromatic carbocycles. The summed E-state index contributed by atoms with van der Waals surface area (Å²) in [6, 6.07) is 19.2. The zero-order valence-corrected chi connectivity index (χ0v) is 15.9. The molecule has 0 radical (unpaired) electrons. The Bertz CT molecular complexity index is 1110. The summed E-state index contributed by atoms with van der Waals surface area (Å²) in [5.41, 5.74) is 5.21. The van der Waals surface area contributed by atoms with E-state index in [2.05, 4.69) is 5.32 Å². The number of nitrogens with one attached hydrogen (secondary N) is 1. The van der Waals surface area contributed by atoms with Gasteiger partial charge in [-0.15, -0.1) is 0 Å². The van der Waals surface area contributed by atoms with E-state index in [1.165, 1.54) is 5.56 Å². The van der Waals surface area contributed by atoms with E-state index in [0.717, 1.165) is 22.5 Å². The van der Waals surface area contributed by atoms with Crippen LogP contribution < -0.4 is 10.1 Å². The molecule has 0 aliphatic carbocycles. The molecule has 0 unspecified atom stereocenters. The lowest BCUT2D eigenvalue weighted by molar-refractivity contribution is 0.101. The molecular formula is C23H22N2O3. The van der Waals surface area contributed by atoms with E-state index in [-0.39, 0.29) is 5.91 Å². The van der Waals surface area contributed by atoms with Crippen LogP contribution in [0.5, 0.6) is 5.75 Å². The lowest BCUT2D eigenvalue weighted by Gasteiger charge is -2.12. The van der Waals surface area contributed by atoms with E-state index in [1.54, 1.807) is 12.3 Å². The van der Waals surface area contributed by atoms with E-state index < -0.39 is 0 Å². The number of ether oxygens (including phenoxy) is 1. The molecule has 0 bridgehead atoms. The number of para-hydroxylation sites is 1. The number of furan rings is 1. The number of hydrogen-bond acceptors (Lipinski definition) is 3. The van der Waals surface area contributed by atoms with Crippen LogP contribution in [0, 0.1) is 13.8 Å². The van der Waals surface area contributed by atoms with Crippen LogP contribution in [-0.2, 0) is 6.54 Å². The van der Waals surface area contributed by atoms with Gasteiger partial charge < -0.3 is 19.0 Å². The van der Waals surface area contributed by atoms with Gasteiger partial charge in [-0.3, -0.25) is 4.79 Å². The third-order valence-corrected chi connectivity index (χ3v) is 4.85. The van der Waals surface area contributed by atoms with Crippen LogP contribution in [0.2, 0.25) is 0 Å². The van der Waals surface area contributed by atoms with Crippen LogP contribution in [-0.4, -0.2) is 17.1 Å². The quantitative estimate of drug-likeness (QED) is 0.506. The summed E-state index contributed by atoms with van der Waals surface area (Å²) in [6.45, 7) is 5.06. The Balaban J connectivity index is 1.54. The maximum Gasteiger partial charge on any atom is 0.272 e. The molecular weight excluding hydrogens is 352 g/mol. The normalized spacial score (nSPS) is 10.9. The molecule has 1 N–H and O–H groups in total. The van der Waals surface area contributed by atoms with Gasteiger partial charge in [-0.25, -0.2) is 0 Å². The number of carbonyl (C=O) groups is 1. The predicted molar refractivity (Wildman–Crippen MR) is 110 cm³/mol. The number of fused-ring (bicyclic) bond motifs is 1. The van der Waals surface area contributed by atoms with Crippen molar-refractivity contribution in [2.45, 2.75) is 20.4 Å². The SMILES string of the molecule is Cc1ccc(NC(=O)c2cc3occc3n2CCOc2ccccc2)cc1C. The van der Waals surface area contributed by atoms with E-state index >= 15 is 0 Å². The van der Waals surface area contributed by atoms with Crippen LogP contribution in [0.15, 0.2) is 71.3 Å². The molecule has 0 aliphatic heterocycles. The molecule has 28 heavy (non-hydrogen) atoms. The van der Waals surface area contributed by atoms with Gasteiger partial charge in [-0.2, -0.15) is 0 Å². The van der Waals surface area contributed by atoms with E-state index in [9.17, 15) is 4.79 Å². The minimum Gasteiger partial charge on any atom is -0.492 e. The van der Waals surface area contributed by atoms with Crippen LogP contribution in [0.3, 0.4) is 0 Å². The molecule has 2 aromatic heterocycles. The number of nitrogens with zero attached hydrogens (tertiary/aromatic N) is 1. The lowest BCUT2D eigenvalue weighted by Crippen LogP contribution is -2.19. The number of rotatable bonds is 6. The fourth-order valence-electron chi connectivity index (χ4n) is 3.19. The van der Waals surface area contributed by atoms with Crippen molar-refractivity contribution in [2.75, 3.05) is 11.9 Å². The van der Waals surface area contributed by atoms with Crippen LogP contribution >= 0.6 is 0 Å². The van der Waals surface area contributed by atoms with Crippen molar-refractivity contribution in [1.82, 2.24) is 4.57 Å². The highest BCUT2D eigenvalue weighted by Gasteiger charge is 2.18. The smallest absolute Gasteiger partial charge is 0.272 e. The monoisotopic (exact) mass is 374 g/mol. The summed E-state index contributed by atoms with van der Waals surface area (Å²) >= 11 is 0. The molecule has 0 atom stereocenters. The second-order valence-corrected chi connectivity index (χ2v) is 6.77. The fraction of sp³-hybridized carbons (Fsp3) is 0.174. The number of hydrogen-bond donors (Lipinski definition) is 1. The van der Waals surface area contributed by atoms with Crippen molar-refractivity contribution in [3.63, 3.8) is 0 Å². The van der Waals surface area contributed by atoms with Crippen molar-refractivity contribution in [2.24, 2.45) is 0 Å². The van der Waals surface area contributed by atoms with Gasteiger partial charge in [0.15, 0.2) is 5.58 Å². The largest absolute Gasteiger partial charge is 0.492 e. The molecule has 4 aromatic rings. The Kier molecular flexibility index (Phi) is 4.89. The molecule has 1 amide bonds. The van der Waals surface area contributed by atoms with Gasteiger partial charge in [-0.05, 0) is 49.2 Å². The first-order chi connectivity index (χ1) is 13.6. The minimum absolute atomic E-state index is 0.172. The molecule has 5 heteroatoms. The Morgan fingerprint density at radius 3 is 2.64 bits per heavy atom. The first-order valence-corrected chi connectivity index (χ1v) is 9.25. The summed E-state index contributed by atoms with van der Waals surface area (Å²) in [5.74, 6) is 0.633. The number of benzene rings is 2. The van der Waals surface area contributed by atoms with Crippen molar-refractivity contribution in [3.05, 3.63) is 83.7 Å². The van der Waals surface area contributed by atoms with Gasteiger partial charge in [0.1, 0.15) is 18.1 Å². The van der Waals surface area contributed by atoms with Crippen molar-refractivity contribution in [3.8, 4) is 5.75 Å². The first kappa shape index (κ1) is 17.9. The molecule has 0 fully saturated rings. The van der Waals surface area contributed by atoms with Crippen molar-refractivity contribution < 1.29 is 13.9 Å². The third-order valence-electron chi connectivity index (χ3n) is 4.85. The van der Waals surface area contributed by atoms with Gasteiger partial charge in [0.25, 0.3) is 5.91 Å². The summed E-state index contributed by atoms with van der Waals surface area (Å²) < 4.78 is 13.2. The molecule has 5 nitrogen and oxygen atoms in total. The second-order valence-electron chi connectivity index (χ2n) is 6.77. The van der Waals surface area contributed by atoms with Gasteiger partial charge in [-0.1, -0.05) is 24.3 Å². The average molecular weight is 374 g/mol.